The van der Waals surface area contributed by atoms with Crippen molar-refractivity contribution in [2.75, 3.05) is 7.11 Å². The summed E-state index contributed by atoms with van der Waals surface area (Å²) in [5, 5.41) is 10.9. The van der Waals surface area contributed by atoms with E-state index < -0.39 is 0 Å². The molecule has 0 unspecified atom stereocenters. The molecule has 0 fully saturated rings. The number of hydrogen-bond acceptors (Lipinski definition) is 4. The zero-order valence-electron chi connectivity index (χ0n) is 15.8. The van der Waals surface area contributed by atoms with E-state index in [0.29, 0.717) is 23.7 Å². The van der Waals surface area contributed by atoms with Gasteiger partial charge in [0.1, 0.15) is 18.1 Å². The van der Waals surface area contributed by atoms with Gasteiger partial charge in [-0.25, -0.2) is 0 Å². The van der Waals surface area contributed by atoms with Crippen LogP contribution in [0.5, 0.6) is 23.0 Å². The highest BCUT2D eigenvalue weighted by Crippen LogP contribution is 2.44. The average Bonchev–Trinajstić information content (AvgIpc) is 2.69. The number of phenols is 1. The van der Waals surface area contributed by atoms with Gasteiger partial charge in [0.05, 0.1) is 18.8 Å². The molecule has 0 saturated heterocycles. The van der Waals surface area contributed by atoms with Crippen molar-refractivity contribution < 1.29 is 19.3 Å². The highest BCUT2D eigenvalue weighted by molar-refractivity contribution is 5.79. The van der Waals surface area contributed by atoms with Crippen molar-refractivity contribution in [3.8, 4) is 34.1 Å². The molecule has 4 nitrogen and oxygen atoms in total. The molecule has 3 aromatic rings. The van der Waals surface area contributed by atoms with Crippen LogP contribution in [0, 0.1) is 0 Å². The minimum atomic E-state index is -0.0456. The molecule has 0 aromatic heterocycles. The fourth-order valence-corrected chi connectivity index (χ4v) is 2.79. The van der Waals surface area contributed by atoms with E-state index in [1.54, 1.807) is 13.2 Å². The van der Waals surface area contributed by atoms with Crippen molar-refractivity contribution in [1.29, 1.82) is 0 Å². The molecule has 0 aliphatic carbocycles. The van der Waals surface area contributed by atoms with Crippen LogP contribution in [0.1, 0.15) is 19.4 Å². The van der Waals surface area contributed by atoms with Gasteiger partial charge in [-0.05, 0) is 49.2 Å². The van der Waals surface area contributed by atoms with E-state index in [1.807, 2.05) is 74.5 Å². The molecule has 3 aromatic carbocycles. The Morgan fingerprint density at radius 1 is 0.852 bits per heavy atom. The van der Waals surface area contributed by atoms with Crippen molar-refractivity contribution in [2.24, 2.45) is 0 Å². The third kappa shape index (κ3) is 4.53. The quantitative estimate of drug-likeness (QED) is 0.607. The molecule has 0 atom stereocenters. The maximum atomic E-state index is 10.9. The van der Waals surface area contributed by atoms with Crippen LogP contribution < -0.4 is 14.2 Å². The van der Waals surface area contributed by atoms with Gasteiger partial charge in [0.25, 0.3) is 0 Å². The highest BCUT2D eigenvalue weighted by atomic mass is 16.5. The number of rotatable bonds is 7. The van der Waals surface area contributed by atoms with Crippen molar-refractivity contribution in [2.45, 2.75) is 26.6 Å². The van der Waals surface area contributed by atoms with Gasteiger partial charge in [0, 0.05) is 0 Å². The van der Waals surface area contributed by atoms with Crippen molar-refractivity contribution in [3.05, 3.63) is 72.3 Å². The van der Waals surface area contributed by atoms with Crippen LogP contribution in [0.25, 0.3) is 11.1 Å². The van der Waals surface area contributed by atoms with E-state index in [4.69, 9.17) is 14.2 Å². The first-order valence-electron chi connectivity index (χ1n) is 8.92. The molecule has 4 heteroatoms. The number of phenolic OH excluding ortho intramolecular Hbond substituents is 1. The van der Waals surface area contributed by atoms with E-state index in [2.05, 4.69) is 0 Å². The molecule has 0 aliphatic heterocycles. The maximum Gasteiger partial charge on any atom is 0.169 e. The lowest BCUT2D eigenvalue weighted by atomic mass is 10.0. The van der Waals surface area contributed by atoms with Gasteiger partial charge in [-0.2, -0.15) is 0 Å². The van der Waals surface area contributed by atoms with Gasteiger partial charge in [-0.1, -0.05) is 42.5 Å². The topological polar surface area (TPSA) is 47.9 Å². The van der Waals surface area contributed by atoms with Gasteiger partial charge >= 0.3 is 0 Å². The summed E-state index contributed by atoms with van der Waals surface area (Å²) in [4.78, 5) is 0. The standard InChI is InChI=1S/C23H24O4/c1-16(2)27-21-14-13-20(26-15-17-7-5-4-6-8-17)22(23(21)24)18-9-11-19(25-3)12-10-18/h4-14,16,24H,15H2,1-3H3. The lowest BCUT2D eigenvalue weighted by Crippen LogP contribution is -2.06. The first-order valence-corrected chi connectivity index (χ1v) is 8.92. The van der Waals surface area contributed by atoms with Gasteiger partial charge in [-0.15, -0.1) is 0 Å². The molecule has 140 valence electrons. The Kier molecular flexibility index (Phi) is 5.87. The second-order valence-electron chi connectivity index (χ2n) is 6.45. The molecule has 0 heterocycles. The smallest absolute Gasteiger partial charge is 0.169 e. The average molecular weight is 364 g/mol. The Morgan fingerprint density at radius 2 is 1.52 bits per heavy atom. The second kappa shape index (κ2) is 8.49. The van der Waals surface area contributed by atoms with Crippen molar-refractivity contribution >= 4 is 0 Å². The van der Waals surface area contributed by atoms with Crippen molar-refractivity contribution in [1.82, 2.24) is 0 Å². The molecule has 27 heavy (non-hydrogen) atoms. The number of ether oxygens (including phenoxy) is 3. The van der Waals surface area contributed by atoms with E-state index in [-0.39, 0.29) is 11.9 Å². The molecule has 1 N–H and O–H groups in total. The Balaban J connectivity index is 1.99. The van der Waals surface area contributed by atoms with E-state index >= 15 is 0 Å². The number of methoxy groups -OCH3 is 1. The van der Waals surface area contributed by atoms with Gasteiger partial charge < -0.3 is 19.3 Å². The Bertz CT molecular complexity index is 871. The summed E-state index contributed by atoms with van der Waals surface area (Å²) in [6, 6.07) is 21.0. The van der Waals surface area contributed by atoms with Crippen LogP contribution in [0.3, 0.4) is 0 Å². The van der Waals surface area contributed by atoms with Gasteiger partial charge in [0.2, 0.25) is 0 Å². The molecule has 3 rings (SSSR count). The number of benzene rings is 3. The van der Waals surface area contributed by atoms with Crippen LogP contribution in [0.4, 0.5) is 0 Å². The van der Waals surface area contributed by atoms with Crippen LogP contribution in [-0.4, -0.2) is 18.3 Å². The summed E-state index contributed by atoms with van der Waals surface area (Å²) in [5.74, 6) is 1.85. The summed E-state index contributed by atoms with van der Waals surface area (Å²) in [5.41, 5.74) is 2.48. The van der Waals surface area contributed by atoms with Crippen LogP contribution >= 0.6 is 0 Å². The minimum absolute atomic E-state index is 0.0456. The van der Waals surface area contributed by atoms with E-state index in [9.17, 15) is 5.11 Å². The Hall–Kier alpha value is -3.14. The Morgan fingerprint density at radius 3 is 2.15 bits per heavy atom. The van der Waals surface area contributed by atoms with Crippen LogP contribution in [0.2, 0.25) is 0 Å². The molecule has 0 amide bonds. The molecule has 0 saturated carbocycles. The highest BCUT2D eigenvalue weighted by Gasteiger charge is 2.18. The normalized spacial score (nSPS) is 10.7. The van der Waals surface area contributed by atoms with Crippen molar-refractivity contribution in [3.63, 3.8) is 0 Å². The SMILES string of the molecule is COc1ccc(-c2c(OCc3ccccc3)ccc(OC(C)C)c2O)cc1. The summed E-state index contributed by atoms with van der Waals surface area (Å²) < 4.78 is 17.0. The molecular weight excluding hydrogens is 340 g/mol. The molecule has 0 aliphatic rings. The summed E-state index contributed by atoms with van der Waals surface area (Å²) in [7, 11) is 1.62. The lowest BCUT2D eigenvalue weighted by Gasteiger charge is -2.18. The van der Waals surface area contributed by atoms with E-state index in [1.165, 1.54) is 0 Å². The third-order valence-electron chi connectivity index (χ3n) is 4.08. The molecule has 0 spiro atoms. The zero-order valence-corrected chi connectivity index (χ0v) is 15.8. The predicted molar refractivity (Wildman–Crippen MR) is 107 cm³/mol. The van der Waals surface area contributed by atoms with E-state index in [0.717, 1.165) is 16.9 Å². The molecular formula is C23H24O4. The van der Waals surface area contributed by atoms with Gasteiger partial charge in [0.15, 0.2) is 11.5 Å². The second-order valence-corrected chi connectivity index (χ2v) is 6.45. The third-order valence-corrected chi connectivity index (χ3v) is 4.08. The minimum Gasteiger partial charge on any atom is -0.504 e. The van der Waals surface area contributed by atoms with Crippen LogP contribution in [0.15, 0.2) is 66.7 Å². The van der Waals surface area contributed by atoms with Crippen LogP contribution in [-0.2, 0) is 6.61 Å². The Labute approximate surface area is 160 Å². The largest absolute Gasteiger partial charge is 0.504 e. The molecule has 0 radical (unpaired) electrons. The first kappa shape index (κ1) is 18.6. The fraction of sp³-hybridized carbons (Fsp3) is 0.217. The maximum absolute atomic E-state index is 10.9. The number of hydrogen-bond donors (Lipinski definition) is 1. The number of aromatic hydroxyl groups is 1. The first-order chi connectivity index (χ1) is 13.1. The van der Waals surface area contributed by atoms with Gasteiger partial charge in [-0.3, -0.25) is 0 Å². The lowest BCUT2D eigenvalue weighted by molar-refractivity contribution is 0.231. The summed E-state index contributed by atoms with van der Waals surface area (Å²) in [6.07, 6.45) is -0.0456. The molecule has 0 bridgehead atoms. The summed E-state index contributed by atoms with van der Waals surface area (Å²) >= 11 is 0. The predicted octanol–water partition coefficient (Wildman–Crippen LogP) is 5.43. The summed E-state index contributed by atoms with van der Waals surface area (Å²) in [6.45, 7) is 4.26. The fourth-order valence-electron chi connectivity index (χ4n) is 2.79. The zero-order chi connectivity index (χ0) is 19.2. The monoisotopic (exact) mass is 364 g/mol.